The lowest BCUT2D eigenvalue weighted by molar-refractivity contribution is -0.144. The van der Waals surface area contributed by atoms with Crippen LogP contribution in [0.2, 0.25) is 0 Å². The van der Waals surface area contributed by atoms with Gasteiger partial charge in [-0.2, -0.15) is 5.26 Å². The molecule has 1 aromatic carbocycles. The molecule has 15 heavy (non-hydrogen) atoms. The van der Waals surface area contributed by atoms with Gasteiger partial charge in [-0.15, -0.1) is 0 Å². The van der Waals surface area contributed by atoms with Crippen molar-refractivity contribution in [1.29, 1.82) is 5.26 Å². The minimum absolute atomic E-state index is 0.0626. The van der Waals surface area contributed by atoms with Gasteiger partial charge in [-0.1, -0.05) is 6.07 Å². The molecule has 4 nitrogen and oxygen atoms in total. The van der Waals surface area contributed by atoms with Crippen molar-refractivity contribution < 1.29 is 19.0 Å². The molecule has 0 aliphatic heterocycles. The first kappa shape index (κ1) is 11.0. The highest BCUT2D eigenvalue weighted by Crippen LogP contribution is 2.21. The van der Waals surface area contributed by atoms with Gasteiger partial charge in [0.05, 0.1) is 0 Å². The molecule has 1 atom stereocenters. The molecule has 0 aliphatic carbocycles. The predicted octanol–water partition coefficient (Wildman–Crippen LogP) is 1.55. The van der Waals surface area contributed by atoms with E-state index in [0.29, 0.717) is 0 Å². The Hall–Kier alpha value is -2.09. The highest BCUT2D eigenvalue weighted by atomic mass is 19.1. The number of nitrogens with zero attached hydrogens (tertiary/aromatic N) is 1. The maximum atomic E-state index is 13.1. The number of ether oxygens (including phenoxy) is 1. The maximum absolute atomic E-state index is 13.1. The standard InChI is InChI=1S/C10H8FNO3/c1-6(10(13)14)15-9-4-2-3-8(11)7(9)5-12/h2-4,6H,1H3,(H,13,14). The largest absolute Gasteiger partial charge is 0.479 e. The molecular formula is C10H8FNO3. The molecule has 78 valence electrons. The third-order valence-electron chi connectivity index (χ3n) is 1.74. The predicted molar refractivity (Wildman–Crippen MR) is 48.8 cm³/mol. The fraction of sp³-hybridized carbons (Fsp3) is 0.200. The second kappa shape index (κ2) is 4.42. The summed E-state index contributed by atoms with van der Waals surface area (Å²) in [4.78, 5) is 10.5. The van der Waals surface area contributed by atoms with Crippen LogP contribution in [0.1, 0.15) is 12.5 Å². The van der Waals surface area contributed by atoms with Crippen molar-refractivity contribution in [2.45, 2.75) is 13.0 Å². The van der Waals surface area contributed by atoms with Crippen molar-refractivity contribution in [3.63, 3.8) is 0 Å². The highest BCUT2D eigenvalue weighted by Gasteiger charge is 2.16. The lowest BCUT2D eigenvalue weighted by Crippen LogP contribution is -2.23. The molecule has 5 heteroatoms. The van der Waals surface area contributed by atoms with E-state index in [9.17, 15) is 9.18 Å². The smallest absolute Gasteiger partial charge is 0.344 e. The van der Waals surface area contributed by atoms with Gasteiger partial charge in [-0.05, 0) is 19.1 Å². The van der Waals surface area contributed by atoms with Crippen LogP contribution in [0, 0.1) is 17.1 Å². The van der Waals surface area contributed by atoms with Crippen LogP contribution in [0.5, 0.6) is 5.75 Å². The van der Waals surface area contributed by atoms with Crippen molar-refractivity contribution in [2.75, 3.05) is 0 Å². The third-order valence-corrected chi connectivity index (χ3v) is 1.74. The Kier molecular flexibility index (Phi) is 3.24. The number of carbonyl (C=O) groups is 1. The molecule has 1 unspecified atom stereocenters. The summed E-state index contributed by atoms with van der Waals surface area (Å²) >= 11 is 0. The Labute approximate surface area is 85.5 Å². The van der Waals surface area contributed by atoms with E-state index in [1.165, 1.54) is 19.1 Å². The summed E-state index contributed by atoms with van der Waals surface area (Å²) in [5.74, 6) is -1.97. The van der Waals surface area contributed by atoms with Crippen molar-refractivity contribution >= 4 is 5.97 Å². The van der Waals surface area contributed by atoms with Gasteiger partial charge >= 0.3 is 5.97 Å². The summed E-state index contributed by atoms with van der Waals surface area (Å²) in [7, 11) is 0. The van der Waals surface area contributed by atoms with Gasteiger partial charge in [-0.3, -0.25) is 0 Å². The summed E-state index contributed by atoms with van der Waals surface area (Å²) in [5.41, 5.74) is -0.286. The van der Waals surface area contributed by atoms with E-state index in [0.717, 1.165) is 6.07 Å². The molecule has 0 radical (unpaired) electrons. The van der Waals surface area contributed by atoms with E-state index in [1.807, 2.05) is 0 Å². The van der Waals surface area contributed by atoms with Crippen LogP contribution in [0.3, 0.4) is 0 Å². The van der Waals surface area contributed by atoms with Crippen LogP contribution in [0.4, 0.5) is 4.39 Å². The SMILES string of the molecule is CC(Oc1cccc(F)c1C#N)C(=O)O. The summed E-state index contributed by atoms with van der Waals surface area (Å²) in [6.45, 7) is 1.30. The van der Waals surface area contributed by atoms with Crippen molar-refractivity contribution in [1.82, 2.24) is 0 Å². The number of carboxylic acids is 1. The average Bonchev–Trinajstić information content (AvgIpc) is 2.18. The minimum Gasteiger partial charge on any atom is -0.479 e. The molecule has 0 amide bonds. The topological polar surface area (TPSA) is 70.3 Å². The average molecular weight is 209 g/mol. The fourth-order valence-electron chi connectivity index (χ4n) is 0.952. The van der Waals surface area contributed by atoms with E-state index >= 15 is 0 Å². The number of halogens is 1. The molecule has 0 bridgehead atoms. The first-order chi connectivity index (χ1) is 7.06. The first-order valence-corrected chi connectivity index (χ1v) is 4.14. The molecule has 0 aromatic heterocycles. The zero-order valence-corrected chi connectivity index (χ0v) is 7.90. The zero-order valence-electron chi connectivity index (χ0n) is 7.90. The van der Waals surface area contributed by atoms with E-state index in [1.54, 1.807) is 6.07 Å². The molecule has 0 saturated carbocycles. The Morgan fingerprint density at radius 2 is 2.33 bits per heavy atom. The number of rotatable bonds is 3. The van der Waals surface area contributed by atoms with E-state index in [2.05, 4.69) is 0 Å². The van der Waals surface area contributed by atoms with Crippen LogP contribution in [-0.4, -0.2) is 17.2 Å². The summed E-state index contributed by atoms with van der Waals surface area (Å²) in [5, 5.41) is 17.2. The van der Waals surface area contributed by atoms with Crippen molar-refractivity contribution in [3.05, 3.63) is 29.6 Å². The minimum atomic E-state index is -1.18. The van der Waals surface area contributed by atoms with Crippen LogP contribution < -0.4 is 4.74 Å². The van der Waals surface area contributed by atoms with Gasteiger partial charge in [0.25, 0.3) is 0 Å². The molecule has 0 aliphatic rings. The van der Waals surface area contributed by atoms with Crippen LogP contribution >= 0.6 is 0 Å². The lowest BCUT2D eigenvalue weighted by Gasteiger charge is -2.11. The summed E-state index contributed by atoms with van der Waals surface area (Å²) in [6.07, 6.45) is -1.13. The van der Waals surface area contributed by atoms with Crippen molar-refractivity contribution in [2.24, 2.45) is 0 Å². The highest BCUT2D eigenvalue weighted by molar-refractivity contribution is 5.72. The zero-order chi connectivity index (χ0) is 11.4. The van der Waals surface area contributed by atoms with Gasteiger partial charge in [0.1, 0.15) is 23.2 Å². The van der Waals surface area contributed by atoms with E-state index < -0.39 is 17.9 Å². The Morgan fingerprint density at radius 3 is 2.87 bits per heavy atom. The molecule has 1 rings (SSSR count). The number of aliphatic carboxylic acids is 1. The third kappa shape index (κ3) is 2.44. The molecule has 1 N–H and O–H groups in total. The molecule has 0 heterocycles. The molecule has 0 saturated heterocycles. The van der Waals surface area contributed by atoms with E-state index in [4.69, 9.17) is 15.1 Å². The van der Waals surface area contributed by atoms with Gasteiger partial charge in [0.15, 0.2) is 6.10 Å². The fourth-order valence-corrected chi connectivity index (χ4v) is 0.952. The Bertz CT molecular complexity index is 425. The van der Waals surface area contributed by atoms with Crippen LogP contribution in [0.25, 0.3) is 0 Å². The normalized spacial score (nSPS) is 11.5. The van der Waals surface area contributed by atoms with Gasteiger partial charge in [-0.25, -0.2) is 9.18 Å². The number of nitriles is 1. The van der Waals surface area contributed by atoms with E-state index in [-0.39, 0.29) is 11.3 Å². The second-order valence-corrected chi connectivity index (χ2v) is 2.82. The summed E-state index contributed by atoms with van der Waals surface area (Å²) in [6, 6.07) is 5.42. The molecule has 1 aromatic rings. The number of hydrogen-bond acceptors (Lipinski definition) is 3. The van der Waals surface area contributed by atoms with Crippen LogP contribution in [-0.2, 0) is 4.79 Å². The van der Waals surface area contributed by atoms with Gasteiger partial charge < -0.3 is 9.84 Å². The van der Waals surface area contributed by atoms with Crippen molar-refractivity contribution in [3.8, 4) is 11.8 Å². The first-order valence-electron chi connectivity index (χ1n) is 4.14. The molecule has 0 spiro atoms. The summed E-state index contributed by atoms with van der Waals surface area (Å²) < 4.78 is 18.0. The van der Waals surface area contributed by atoms with Gasteiger partial charge in [0, 0.05) is 0 Å². The number of hydrogen-bond donors (Lipinski definition) is 1. The number of carboxylic acid groups (broad SMARTS) is 1. The van der Waals surface area contributed by atoms with Crippen LogP contribution in [0.15, 0.2) is 18.2 Å². The number of benzene rings is 1. The monoisotopic (exact) mass is 209 g/mol. The Balaban J connectivity index is 3.01. The lowest BCUT2D eigenvalue weighted by atomic mass is 10.2. The maximum Gasteiger partial charge on any atom is 0.344 e. The Morgan fingerprint density at radius 1 is 1.67 bits per heavy atom. The quantitative estimate of drug-likeness (QED) is 0.819. The van der Waals surface area contributed by atoms with Gasteiger partial charge in [0.2, 0.25) is 0 Å². The molecular weight excluding hydrogens is 201 g/mol. The molecule has 0 fully saturated rings. The second-order valence-electron chi connectivity index (χ2n) is 2.82.